The van der Waals surface area contributed by atoms with Crippen molar-refractivity contribution in [3.05, 3.63) is 41.5 Å². The molecular formula is C22H35N3O2. The number of nitrogens with one attached hydrogen (secondary N) is 1. The number of ether oxygens (including phenoxy) is 1. The maximum absolute atomic E-state index is 12.8. The van der Waals surface area contributed by atoms with Gasteiger partial charge in [0.15, 0.2) is 0 Å². The van der Waals surface area contributed by atoms with Crippen LogP contribution in [0.5, 0.6) is 0 Å². The highest BCUT2D eigenvalue weighted by molar-refractivity contribution is 5.75. The second kappa shape index (κ2) is 10.5. The molecule has 1 aromatic rings. The molecule has 27 heavy (non-hydrogen) atoms. The molecule has 1 saturated heterocycles. The summed E-state index contributed by atoms with van der Waals surface area (Å²) in [5.41, 5.74) is 2.10. The second-order valence-corrected chi connectivity index (χ2v) is 8.31. The Kier molecular flexibility index (Phi) is 8.32. The Labute approximate surface area is 164 Å². The first-order valence-electron chi connectivity index (χ1n) is 9.93. The lowest BCUT2D eigenvalue weighted by molar-refractivity contribution is 0.0365. The average molecular weight is 374 g/mol. The lowest BCUT2D eigenvalue weighted by Crippen LogP contribution is -2.49. The molecule has 1 aliphatic rings. The van der Waals surface area contributed by atoms with Crippen molar-refractivity contribution in [1.29, 1.82) is 0 Å². The number of nitrogens with zero attached hydrogens (tertiary/aromatic N) is 2. The van der Waals surface area contributed by atoms with Gasteiger partial charge in [-0.25, -0.2) is 4.79 Å². The Morgan fingerprint density at radius 1 is 1.22 bits per heavy atom. The van der Waals surface area contributed by atoms with Gasteiger partial charge in [-0.2, -0.15) is 0 Å². The van der Waals surface area contributed by atoms with Gasteiger partial charge in [0.2, 0.25) is 0 Å². The third-order valence-corrected chi connectivity index (χ3v) is 4.43. The lowest BCUT2D eigenvalue weighted by Gasteiger charge is -2.30. The molecule has 0 spiro atoms. The number of carbonyl (C=O) groups is 1. The van der Waals surface area contributed by atoms with Gasteiger partial charge in [-0.05, 0) is 39.7 Å². The van der Waals surface area contributed by atoms with Gasteiger partial charge in [0.25, 0.3) is 0 Å². The fraction of sp³-hybridized carbons (Fsp3) is 0.591. The molecule has 0 aliphatic carbocycles. The van der Waals surface area contributed by atoms with E-state index in [4.69, 9.17) is 4.74 Å². The number of hydrogen-bond donors (Lipinski definition) is 1. The van der Waals surface area contributed by atoms with Crippen molar-refractivity contribution >= 4 is 12.1 Å². The Bertz CT molecular complexity index is 602. The fourth-order valence-corrected chi connectivity index (χ4v) is 3.14. The van der Waals surface area contributed by atoms with Crippen LogP contribution in [-0.2, 0) is 4.74 Å². The Balaban J connectivity index is 1.95. The van der Waals surface area contributed by atoms with E-state index >= 15 is 0 Å². The second-order valence-electron chi connectivity index (χ2n) is 8.31. The third kappa shape index (κ3) is 8.59. The van der Waals surface area contributed by atoms with Crippen molar-refractivity contribution in [2.75, 3.05) is 45.9 Å². The first-order valence-corrected chi connectivity index (χ1v) is 9.93. The maximum atomic E-state index is 12.8. The Morgan fingerprint density at radius 2 is 1.89 bits per heavy atom. The van der Waals surface area contributed by atoms with E-state index in [-0.39, 0.29) is 11.6 Å². The smallest absolute Gasteiger partial charge is 0.318 e. The molecule has 1 N–H and O–H groups in total. The predicted molar refractivity (Wildman–Crippen MR) is 112 cm³/mol. The summed E-state index contributed by atoms with van der Waals surface area (Å²) in [6.07, 6.45) is 3.12. The number of hydrogen-bond acceptors (Lipinski definition) is 3. The van der Waals surface area contributed by atoms with Gasteiger partial charge in [-0.15, -0.1) is 0 Å². The van der Waals surface area contributed by atoms with E-state index in [0.29, 0.717) is 6.54 Å². The van der Waals surface area contributed by atoms with E-state index in [1.807, 2.05) is 43.9 Å². The number of morpholine rings is 1. The minimum absolute atomic E-state index is 0.00490. The zero-order chi connectivity index (χ0) is 19.7. The van der Waals surface area contributed by atoms with Gasteiger partial charge < -0.3 is 15.0 Å². The molecule has 2 amide bonds. The van der Waals surface area contributed by atoms with E-state index in [9.17, 15) is 4.79 Å². The van der Waals surface area contributed by atoms with Crippen molar-refractivity contribution in [1.82, 2.24) is 15.1 Å². The number of carbonyl (C=O) groups excluding carboxylic acids is 1. The fourth-order valence-electron chi connectivity index (χ4n) is 3.14. The van der Waals surface area contributed by atoms with Crippen LogP contribution in [0.3, 0.4) is 0 Å². The van der Waals surface area contributed by atoms with Crippen LogP contribution in [0.1, 0.15) is 39.7 Å². The van der Waals surface area contributed by atoms with Crippen LogP contribution in [0.25, 0.3) is 6.08 Å². The van der Waals surface area contributed by atoms with Crippen molar-refractivity contribution in [3.8, 4) is 0 Å². The summed E-state index contributed by atoms with van der Waals surface area (Å²) in [7, 11) is 0. The summed E-state index contributed by atoms with van der Waals surface area (Å²) in [5, 5.41) is 3.10. The van der Waals surface area contributed by atoms with Gasteiger partial charge in [0.1, 0.15) is 0 Å². The molecule has 0 aromatic heterocycles. The first-order chi connectivity index (χ1) is 12.8. The summed E-state index contributed by atoms with van der Waals surface area (Å²) in [5.74, 6) is 0. The standard InChI is InChI=1S/C22H35N3O2/c1-19(17-20-9-6-5-7-10-20)18-25(21(26)23-22(2,3)4)12-8-11-24-13-15-27-16-14-24/h5-7,9-10,17H,8,11-16,18H2,1-4H3,(H,23,26)/b19-17+. The van der Waals surface area contributed by atoms with Crippen LogP contribution < -0.4 is 5.32 Å². The SMILES string of the molecule is C/C(=C\c1ccccc1)CN(CCCN1CCOCC1)C(=O)NC(C)(C)C. The van der Waals surface area contributed by atoms with E-state index in [1.54, 1.807) is 0 Å². The van der Waals surface area contributed by atoms with E-state index < -0.39 is 0 Å². The summed E-state index contributed by atoms with van der Waals surface area (Å²) < 4.78 is 5.41. The molecule has 0 bridgehead atoms. The van der Waals surface area contributed by atoms with E-state index in [1.165, 1.54) is 11.1 Å². The molecule has 0 radical (unpaired) electrons. The Morgan fingerprint density at radius 3 is 2.52 bits per heavy atom. The maximum Gasteiger partial charge on any atom is 0.318 e. The van der Waals surface area contributed by atoms with Crippen LogP contribution >= 0.6 is 0 Å². The molecular weight excluding hydrogens is 338 g/mol. The largest absolute Gasteiger partial charge is 0.379 e. The van der Waals surface area contributed by atoms with Gasteiger partial charge >= 0.3 is 6.03 Å². The number of benzene rings is 1. The van der Waals surface area contributed by atoms with Crippen LogP contribution in [0, 0.1) is 0 Å². The molecule has 0 atom stereocenters. The minimum Gasteiger partial charge on any atom is -0.379 e. The molecule has 2 rings (SSSR count). The molecule has 5 nitrogen and oxygen atoms in total. The quantitative estimate of drug-likeness (QED) is 0.794. The monoisotopic (exact) mass is 373 g/mol. The van der Waals surface area contributed by atoms with E-state index in [2.05, 4.69) is 35.3 Å². The summed E-state index contributed by atoms with van der Waals surface area (Å²) in [6, 6.07) is 10.3. The number of amides is 2. The minimum atomic E-state index is -0.239. The normalized spacial score (nSPS) is 16.2. The zero-order valence-electron chi connectivity index (χ0n) is 17.3. The molecule has 1 heterocycles. The zero-order valence-corrected chi connectivity index (χ0v) is 17.3. The molecule has 1 fully saturated rings. The summed E-state index contributed by atoms with van der Waals surface area (Å²) in [4.78, 5) is 17.1. The van der Waals surface area contributed by atoms with Crippen LogP contribution in [0.4, 0.5) is 4.79 Å². The Hall–Kier alpha value is -1.85. The first kappa shape index (κ1) is 21.5. The highest BCUT2D eigenvalue weighted by Gasteiger charge is 2.20. The molecule has 0 unspecified atom stereocenters. The molecule has 1 aromatic carbocycles. The number of urea groups is 1. The highest BCUT2D eigenvalue weighted by Crippen LogP contribution is 2.10. The molecule has 0 saturated carbocycles. The van der Waals surface area contributed by atoms with Gasteiger partial charge in [-0.1, -0.05) is 42.0 Å². The molecule has 150 valence electrons. The van der Waals surface area contributed by atoms with Gasteiger partial charge in [-0.3, -0.25) is 4.90 Å². The van der Waals surface area contributed by atoms with Gasteiger partial charge in [0.05, 0.1) is 13.2 Å². The predicted octanol–water partition coefficient (Wildman–Crippen LogP) is 3.62. The molecule has 5 heteroatoms. The van der Waals surface area contributed by atoms with E-state index in [0.717, 1.165) is 45.8 Å². The topological polar surface area (TPSA) is 44.8 Å². The number of rotatable bonds is 7. The van der Waals surface area contributed by atoms with Crippen LogP contribution in [0.2, 0.25) is 0 Å². The van der Waals surface area contributed by atoms with Crippen molar-refractivity contribution < 1.29 is 9.53 Å². The molecule has 1 aliphatic heterocycles. The average Bonchev–Trinajstić information content (AvgIpc) is 2.61. The van der Waals surface area contributed by atoms with Crippen LogP contribution in [-0.4, -0.2) is 67.3 Å². The van der Waals surface area contributed by atoms with Crippen molar-refractivity contribution in [2.45, 2.75) is 39.7 Å². The summed E-state index contributed by atoms with van der Waals surface area (Å²) in [6.45, 7) is 14.1. The van der Waals surface area contributed by atoms with Crippen LogP contribution in [0.15, 0.2) is 35.9 Å². The third-order valence-electron chi connectivity index (χ3n) is 4.43. The highest BCUT2D eigenvalue weighted by atomic mass is 16.5. The lowest BCUT2D eigenvalue weighted by atomic mass is 10.1. The van der Waals surface area contributed by atoms with Gasteiger partial charge in [0, 0.05) is 38.3 Å². The van der Waals surface area contributed by atoms with Crippen molar-refractivity contribution in [2.24, 2.45) is 0 Å². The summed E-state index contributed by atoms with van der Waals surface area (Å²) >= 11 is 0. The van der Waals surface area contributed by atoms with Crippen molar-refractivity contribution in [3.63, 3.8) is 0 Å².